The van der Waals surface area contributed by atoms with Gasteiger partial charge >= 0.3 is 0 Å². The van der Waals surface area contributed by atoms with Gasteiger partial charge in [-0.1, -0.05) is 0 Å². The van der Waals surface area contributed by atoms with Gasteiger partial charge in [0.15, 0.2) is 17.8 Å². The molecule has 1 aliphatic carbocycles. The lowest BCUT2D eigenvalue weighted by Gasteiger charge is -2.48. The molecule has 0 amide bonds. The number of likely N-dealkylation sites (tertiary alicyclic amines) is 1. The first-order valence-electron chi connectivity index (χ1n) is 8.22. The fourth-order valence-electron chi connectivity index (χ4n) is 5.53. The van der Waals surface area contributed by atoms with E-state index in [4.69, 9.17) is 18.9 Å². The molecule has 0 radical (unpaired) electrons. The van der Waals surface area contributed by atoms with Crippen LogP contribution in [0.1, 0.15) is 36.7 Å². The van der Waals surface area contributed by atoms with Gasteiger partial charge in [0, 0.05) is 17.0 Å². The van der Waals surface area contributed by atoms with E-state index in [0.29, 0.717) is 12.8 Å². The Hall–Kier alpha value is -1.30. The number of fused-ring (bicyclic) bond motifs is 4. The molecule has 22 heavy (non-hydrogen) atoms. The monoisotopic (exact) mass is 301 g/mol. The molecule has 5 atom stereocenters. The van der Waals surface area contributed by atoms with Crippen molar-refractivity contribution in [3.8, 4) is 11.5 Å². The lowest BCUT2D eigenvalue weighted by molar-refractivity contribution is -0.0914. The van der Waals surface area contributed by atoms with Gasteiger partial charge in [0.25, 0.3) is 0 Å². The molecule has 0 N–H and O–H groups in total. The number of likely N-dealkylation sites (N-methyl/N-ethyl adjacent to an activating group) is 1. The lowest BCUT2D eigenvalue weighted by atomic mass is 9.62. The Morgan fingerprint density at radius 3 is 2.91 bits per heavy atom. The third-order valence-corrected chi connectivity index (χ3v) is 6.44. The summed E-state index contributed by atoms with van der Waals surface area (Å²) >= 11 is 0. The fraction of sp³-hybridized carbons (Fsp3) is 0.647. The Balaban J connectivity index is 1.63. The Bertz CT molecular complexity index is 677. The molecule has 5 aliphatic rings. The molecule has 0 aromatic heterocycles. The van der Waals surface area contributed by atoms with E-state index in [-0.39, 0.29) is 23.9 Å². The molecule has 1 saturated carbocycles. The van der Waals surface area contributed by atoms with Crippen LogP contribution in [-0.2, 0) is 14.9 Å². The van der Waals surface area contributed by atoms with Crippen LogP contribution in [0.4, 0.5) is 0 Å². The van der Waals surface area contributed by atoms with E-state index in [9.17, 15) is 0 Å². The second kappa shape index (κ2) is 3.78. The van der Waals surface area contributed by atoms with Crippen LogP contribution in [0.3, 0.4) is 0 Å². The van der Waals surface area contributed by atoms with Gasteiger partial charge in [-0.15, -0.1) is 0 Å². The highest BCUT2D eigenvalue weighted by molar-refractivity contribution is 5.55. The normalized spacial score (nSPS) is 44.0. The van der Waals surface area contributed by atoms with E-state index in [1.807, 2.05) is 0 Å². The van der Waals surface area contributed by atoms with Crippen LogP contribution < -0.4 is 9.47 Å². The Kier molecular flexibility index (Phi) is 2.09. The fourth-order valence-corrected chi connectivity index (χ4v) is 5.53. The van der Waals surface area contributed by atoms with E-state index in [0.717, 1.165) is 36.4 Å². The molecule has 5 heteroatoms. The highest BCUT2D eigenvalue weighted by atomic mass is 16.7. The maximum absolute atomic E-state index is 6.36. The topological polar surface area (TPSA) is 40.2 Å². The molecular formula is C17H19NO4. The van der Waals surface area contributed by atoms with Gasteiger partial charge in [-0.3, -0.25) is 0 Å². The van der Waals surface area contributed by atoms with Crippen molar-refractivity contribution < 1.29 is 18.9 Å². The molecule has 4 heterocycles. The molecule has 1 aromatic rings. The average molecular weight is 301 g/mol. The molecule has 2 saturated heterocycles. The van der Waals surface area contributed by atoms with Gasteiger partial charge in [0.2, 0.25) is 6.79 Å². The molecule has 6 rings (SSSR count). The van der Waals surface area contributed by atoms with Crippen LogP contribution in [-0.4, -0.2) is 43.5 Å². The first kappa shape index (κ1) is 12.2. The van der Waals surface area contributed by atoms with Crippen molar-refractivity contribution >= 4 is 0 Å². The number of ether oxygens (including phenoxy) is 4. The number of hydrogen-bond acceptors (Lipinski definition) is 5. The van der Waals surface area contributed by atoms with Crippen LogP contribution >= 0.6 is 0 Å². The number of nitrogens with zero attached hydrogens (tertiary/aromatic N) is 1. The van der Waals surface area contributed by atoms with Gasteiger partial charge in [-0.05, 0) is 50.6 Å². The summed E-state index contributed by atoms with van der Waals surface area (Å²) in [6.07, 6.45) is 3.61. The van der Waals surface area contributed by atoms with Gasteiger partial charge in [0.1, 0.15) is 0 Å². The zero-order chi connectivity index (χ0) is 14.5. The van der Waals surface area contributed by atoms with Crippen molar-refractivity contribution in [3.05, 3.63) is 23.3 Å². The molecule has 5 nitrogen and oxygen atoms in total. The summed E-state index contributed by atoms with van der Waals surface area (Å²) in [5, 5.41) is 0. The maximum atomic E-state index is 6.36. The second-order valence-corrected chi connectivity index (χ2v) is 7.22. The van der Waals surface area contributed by atoms with Crippen LogP contribution in [0.5, 0.6) is 11.5 Å². The summed E-state index contributed by atoms with van der Waals surface area (Å²) in [7, 11) is 2.24. The van der Waals surface area contributed by atoms with E-state index in [1.54, 1.807) is 0 Å². The number of hydrogen-bond donors (Lipinski definition) is 0. The van der Waals surface area contributed by atoms with Crippen molar-refractivity contribution in [1.82, 2.24) is 4.90 Å². The molecule has 1 unspecified atom stereocenters. The average Bonchev–Trinajstić information content (AvgIpc) is 3.21. The standard InChI is InChI=1S/C17H19NO4/c1-18-5-4-17-10-7-13-12(19-8-20-13)6-9(10)16-21-11(15(17)22-16)2-3-14(17)18/h6-7,11,14-16H,2-5,8H2,1H3/t11-,14?,15-,16-,17+/m0/s1. The third kappa shape index (κ3) is 1.21. The van der Waals surface area contributed by atoms with Gasteiger partial charge in [-0.2, -0.15) is 0 Å². The second-order valence-electron chi connectivity index (χ2n) is 7.22. The summed E-state index contributed by atoms with van der Waals surface area (Å²) in [6.45, 7) is 1.43. The predicted molar refractivity (Wildman–Crippen MR) is 77.0 cm³/mol. The van der Waals surface area contributed by atoms with Crippen LogP contribution in [0.25, 0.3) is 0 Å². The van der Waals surface area contributed by atoms with Gasteiger partial charge < -0.3 is 23.8 Å². The number of benzene rings is 1. The van der Waals surface area contributed by atoms with Crippen molar-refractivity contribution in [2.45, 2.75) is 49.2 Å². The molecule has 3 fully saturated rings. The molecule has 1 aromatic carbocycles. The summed E-state index contributed by atoms with van der Waals surface area (Å²) in [5.41, 5.74) is 2.60. The minimum Gasteiger partial charge on any atom is -0.454 e. The zero-order valence-electron chi connectivity index (χ0n) is 12.6. The van der Waals surface area contributed by atoms with Crippen molar-refractivity contribution in [3.63, 3.8) is 0 Å². The van der Waals surface area contributed by atoms with E-state index >= 15 is 0 Å². The predicted octanol–water partition coefficient (Wildman–Crippen LogP) is 1.95. The SMILES string of the molecule is CN1CC[C@@]23c4cc5c(cc4[C@H]4O[C@@H](CCC12)[C@@H]3O4)OCO5. The molecule has 2 bridgehead atoms. The first-order valence-corrected chi connectivity index (χ1v) is 8.22. The number of rotatable bonds is 0. The summed E-state index contributed by atoms with van der Waals surface area (Å²) < 4.78 is 23.8. The smallest absolute Gasteiger partial charge is 0.231 e. The van der Waals surface area contributed by atoms with E-state index in [1.165, 1.54) is 12.0 Å². The van der Waals surface area contributed by atoms with Crippen LogP contribution in [0.15, 0.2) is 12.1 Å². The summed E-state index contributed by atoms with van der Waals surface area (Å²) in [6, 6.07) is 4.84. The summed E-state index contributed by atoms with van der Waals surface area (Å²) in [4.78, 5) is 2.51. The quantitative estimate of drug-likeness (QED) is 0.732. The highest BCUT2D eigenvalue weighted by Crippen LogP contribution is 2.61. The lowest BCUT2D eigenvalue weighted by Crippen LogP contribution is -2.57. The van der Waals surface area contributed by atoms with Crippen LogP contribution in [0, 0.1) is 0 Å². The Morgan fingerprint density at radius 2 is 2.00 bits per heavy atom. The zero-order valence-corrected chi connectivity index (χ0v) is 12.6. The largest absolute Gasteiger partial charge is 0.454 e. The van der Waals surface area contributed by atoms with Gasteiger partial charge in [-0.25, -0.2) is 0 Å². The van der Waals surface area contributed by atoms with Gasteiger partial charge in [0.05, 0.1) is 12.2 Å². The molecule has 1 spiro atoms. The molecule has 4 aliphatic heterocycles. The minimum absolute atomic E-state index is 0.0565. The summed E-state index contributed by atoms with van der Waals surface area (Å²) in [5.74, 6) is 1.70. The van der Waals surface area contributed by atoms with E-state index < -0.39 is 0 Å². The van der Waals surface area contributed by atoms with Crippen molar-refractivity contribution in [2.24, 2.45) is 0 Å². The first-order chi connectivity index (χ1) is 10.8. The van der Waals surface area contributed by atoms with Crippen molar-refractivity contribution in [1.29, 1.82) is 0 Å². The minimum atomic E-state index is -0.227. The third-order valence-electron chi connectivity index (χ3n) is 6.44. The van der Waals surface area contributed by atoms with E-state index in [2.05, 4.69) is 24.1 Å². The maximum Gasteiger partial charge on any atom is 0.231 e. The molecular weight excluding hydrogens is 282 g/mol. The van der Waals surface area contributed by atoms with Crippen molar-refractivity contribution in [2.75, 3.05) is 20.4 Å². The highest BCUT2D eigenvalue weighted by Gasteiger charge is 2.65. The Morgan fingerprint density at radius 1 is 1.14 bits per heavy atom. The van der Waals surface area contributed by atoms with Crippen LogP contribution in [0.2, 0.25) is 0 Å². The Labute approximate surface area is 129 Å². The molecule has 116 valence electrons.